The molecule has 0 aromatic carbocycles. The molecule has 21 heavy (non-hydrogen) atoms. The number of rotatable bonds is 4. The minimum absolute atomic E-state index is 0.0139. The lowest BCUT2D eigenvalue weighted by atomic mass is 10.5. The van der Waals surface area contributed by atoms with Gasteiger partial charge in [0.15, 0.2) is 10.8 Å². The Morgan fingerprint density at radius 2 is 2.14 bits per heavy atom. The number of imidazole rings is 1. The summed E-state index contributed by atoms with van der Waals surface area (Å²) >= 11 is 5.84. The number of ether oxygens (including phenoxy) is 1. The van der Waals surface area contributed by atoms with Gasteiger partial charge in [-0.05, 0) is 13.8 Å². The van der Waals surface area contributed by atoms with E-state index in [0.717, 1.165) is 0 Å². The number of H-pyrrole nitrogens is 1. The number of halogens is 1. The number of carbonyl (C=O) groups is 1. The monoisotopic (exact) mass is 334 g/mol. The first-order valence-corrected chi connectivity index (χ1v) is 7.51. The van der Waals surface area contributed by atoms with Gasteiger partial charge in [0.1, 0.15) is 5.52 Å². The molecule has 0 bridgehead atoms. The second-order valence-electron chi connectivity index (χ2n) is 4.10. The average molecular weight is 335 g/mol. The topological polar surface area (TPSA) is 139 Å². The van der Waals surface area contributed by atoms with E-state index >= 15 is 0 Å². The van der Waals surface area contributed by atoms with E-state index in [4.69, 9.17) is 11.6 Å². The Morgan fingerprint density at radius 3 is 2.81 bits per heavy atom. The Labute approximate surface area is 124 Å². The van der Waals surface area contributed by atoms with Gasteiger partial charge in [-0.25, -0.2) is 19.2 Å². The lowest BCUT2D eigenvalue weighted by Crippen LogP contribution is -2.37. The fourth-order valence-electron chi connectivity index (χ4n) is 1.34. The number of amides is 1. The average Bonchev–Trinajstić information content (AvgIpc) is 2.74. The fourth-order valence-corrected chi connectivity index (χ4v) is 2.21. The Morgan fingerprint density at radius 1 is 1.43 bits per heavy atom. The maximum atomic E-state index is 11.7. The number of aromatic amines is 1. The van der Waals surface area contributed by atoms with E-state index in [9.17, 15) is 13.2 Å². The maximum Gasteiger partial charge on any atom is 0.422 e. The molecule has 2 aromatic heterocycles. The lowest BCUT2D eigenvalue weighted by Gasteiger charge is -2.10. The van der Waals surface area contributed by atoms with E-state index in [-0.39, 0.29) is 16.7 Å². The molecule has 0 atom stereocenters. The van der Waals surface area contributed by atoms with Crippen LogP contribution in [0.1, 0.15) is 13.8 Å². The van der Waals surface area contributed by atoms with Crippen LogP contribution in [0.4, 0.5) is 10.7 Å². The number of anilines is 1. The number of carbonyl (C=O) groups excluding carboxylic acids is 1. The summed E-state index contributed by atoms with van der Waals surface area (Å²) in [6.07, 6.45) is -0.252. The summed E-state index contributed by atoms with van der Waals surface area (Å²) in [7, 11) is -4.24. The summed E-state index contributed by atoms with van der Waals surface area (Å²) in [6, 6.07) is 0. The van der Waals surface area contributed by atoms with Gasteiger partial charge in [0, 0.05) is 0 Å². The Bertz CT molecular complexity index is 774. The molecular formula is C9H11ClN6O4S. The normalized spacial score (nSPS) is 11.6. The summed E-state index contributed by atoms with van der Waals surface area (Å²) in [5.41, 5.74) is 0.546. The number of nitrogens with zero attached hydrogens (tertiary/aromatic N) is 3. The molecule has 0 aliphatic heterocycles. The third-order valence-corrected chi connectivity index (χ3v) is 3.19. The second-order valence-corrected chi connectivity index (χ2v) is 5.87. The van der Waals surface area contributed by atoms with Gasteiger partial charge in [-0.15, -0.1) is 0 Å². The first-order valence-electron chi connectivity index (χ1n) is 5.64. The van der Waals surface area contributed by atoms with E-state index in [1.54, 1.807) is 18.6 Å². The molecule has 0 unspecified atom stereocenters. The van der Waals surface area contributed by atoms with Crippen molar-refractivity contribution >= 4 is 45.0 Å². The predicted octanol–water partition coefficient (Wildman–Crippen LogP) is 0.798. The van der Waals surface area contributed by atoms with Gasteiger partial charge in [-0.2, -0.15) is 18.4 Å². The summed E-state index contributed by atoms with van der Waals surface area (Å²) < 4.78 is 31.6. The Kier molecular flexibility index (Phi) is 4.14. The molecule has 0 fully saturated rings. The molecule has 10 nitrogen and oxygen atoms in total. The minimum Gasteiger partial charge on any atom is -0.446 e. The smallest absolute Gasteiger partial charge is 0.422 e. The third-order valence-electron chi connectivity index (χ3n) is 2.03. The van der Waals surface area contributed by atoms with Gasteiger partial charge in [0.05, 0.1) is 12.4 Å². The third kappa shape index (κ3) is 3.92. The number of aromatic nitrogens is 4. The van der Waals surface area contributed by atoms with E-state index in [0.29, 0.717) is 5.52 Å². The zero-order chi connectivity index (χ0) is 15.6. The second kappa shape index (κ2) is 5.69. The molecule has 2 aromatic rings. The highest BCUT2D eigenvalue weighted by Crippen LogP contribution is 2.18. The van der Waals surface area contributed by atoms with Crippen LogP contribution in [0.25, 0.3) is 11.2 Å². The number of nitrogens with one attached hydrogen (secondary N) is 3. The Balaban J connectivity index is 2.16. The van der Waals surface area contributed by atoms with Gasteiger partial charge in [-0.1, -0.05) is 11.6 Å². The van der Waals surface area contributed by atoms with Crippen LogP contribution in [0.5, 0.6) is 0 Å². The van der Waals surface area contributed by atoms with Crippen LogP contribution in [-0.4, -0.2) is 40.6 Å². The number of hydrogen-bond acceptors (Lipinski definition) is 7. The quantitative estimate of drug-likeness (QED) is 0.702. The SMILES string of the molecule is CC(C)OC(=O)NS(=O)(=O)Nc1nc(Cl)c2[nH]cnc2n1. The van der Waals surface area contributed by atoms with Gasteiger partial charge < -0.3 is 9.72 Å². The van der Waals surface area contributed by atoms with Crippen LogP contribution in [-0.2, 0) is 14.9 Å². The molecule has 0 aliphatic rings. The van der Waals surface area contributed by atoms with Crippen LogP contribution >= 0.6 is 11.6 Å². The fraction of sp³-hybridized carbons (Fsp3) is 0.333. The standard InChI is InChI=1S/C9H11ClN6O4S/c1-4(2)20-9(17)16-21(18,19)15-8-13-6(10)5-7(14-8)12-3-11-5/h3-4H,1-2H3,(H,16,17)(H2,11,12,13,14,15). The van der Waals surface area contributed by atoms with Crippen LogP contribution in [0, 0.1) is 0 Å². The predicted molar refractivity (Wildman–Crippen MR) is 74.0 cm³/mol. The molecule has 2 rings (SSSR count). The molecule has 2 heterocycles. The van der Waals surface area contributed by atoms with Crippen LogP contribution in [0.3, 0.4) is 0 Å². The number of hydrogen-bond donors (Lipinski definition) is 3. The maximum absolute atomic E-state index is 11.7. The van der Waals surface area contributed by atoms with Crippen LogP contribution in [0.2, 0.25) is 5.15 Å². The number of fused-ring (bicyclic) bond motifs is 1. The van der Waals surface area contributed by atoms with Gasteiger partial charge >= 0.3 is 16.3 Å². The minimum atomic E-state index is -4.24. The highest BCUT2D eigenvalue weighted by Gasteiger charge is 2.19. The largest absolute Gasteiger partial charge is 0.446 e. The van der Waals surface area contributed by atoms with Crippen molar-refractivity contribution in [3.05, 3.63) is 11.5 Å². The molecule has 0 saturated carbocycles. The lowest BCUT2D eigenvalue weighted by molar-refractivity contribution is 0.121. The Hall–Kier alpha value is -2.14. The summed E-state index contributed by atoms with van der Waals surface area (Å²) in [6.45, 7) is 3.15. The van der Waals surface area contributed by atoms with Crippen molar-refractivity contribution in [2.45, 2.75) is 20.0 Å². The highest BCUT2D eigenvalue weighted by molar-refractivity contribution is 7.91. The van der Waals surface area contributed by atoms with Crippen molar-refractivity contribution in [2.75, 3.05) is 4.72 Å². The molecule has 114 valence electrons. The van der Waals surface area contributed by atoms with Crippen molar-refractivity contribution in [3.8, 4) is 0 Å². The van der Waals surface area contributed by atoms with E-state index in [2.05, 4.69) is 24.7 Å². The summed E-state index contributed by atoms with van der Waals surface area (Å²) in [5, 5.41) is -0.0139. The zero-order valence-corrected chi connectivity index (χ0v) is 12.5. The van der Waals surface area contributed by atoms with Gasteiger partial charge in [0.2, 0.25) is 5.95 Å². The summed E-state index contributed by atoms with van der Waals surface area (Å²) in [4.78, 5) is 25.3. The van der Waals surface area contributed by atoms with Crippen molar-refractivity contribution in [1.29, 1.82) is 0 Å². The zero-order valence-electron chi connectivity index (χ0n) is 10.9. The first-order chi connectivity index (χ1) is 9.77. The highest BCUT2D eigenvalue weighted by atomic mass is 35.5. The van der Waals surface area contributed by atoms with E-state index < -0.39 is 22.4 Å². The van der Waals surface area contributed by atoms with Crippen molar-refractivity contribution in [3.63, 3.8) is 0 Å². The van der Waals surface area contributed by atoms with Crippen LogP contribution < -0.4 is 9.44 Å². The van der Waals surface area contributed by atoms with E-state index in [1.807, 2.05) is 4.72 Å². The van der Waals surface area contributed by atoms with Crippen molar-refractivity contribution in [1.82, 2.24) is 24.7 Å². The van der Waals surface area contributed by atoms with Gasteiger partial charge in [-0.3, -0.25) is 0 Å². The van der Waals surface area contributed by atoms with Gasteiger partial charge in [0.25, 0.3) is 0 Å². The molecule has 0 aliphatic carbocycles. The molecule has 3 N–H and O–H groups in total. The van der Waals surface area contributed by atoms with Crippen LogP contribution in [0.15, 0.2) is 6.33 Å². The van der Waals surface area contributed by atoms with Crippen molar-refractivity contribution in [2.24, 2.45) is 0 Å². The molecule has 1 amide bonds. The molecule has 0 radical (unpaired) electrons. The molecule has 12 heteroatoms. The van der Waals surface area contributed by atoms with Crippen molar-refractivity contribution < 1.29 is 17.9 Å². The van der Waals surface area contributed by atoms with E-state index in [1.165, 1.54) is 6.33 Å². The first kappa shape index (κ1) is 15.3. The molecular weight excluding hydrogens is 324 g/mol. The molecule has 0 saturated heterocycles. The molecule has 0 spiro atoms. The summed E-state index contributed by atoms with van der Waals surface area (Å²) in [5.74, 6) is -0.329.